The molecular weight excluding hydrogens is 212 g/mol. The van der Waals surface area contributed by atoms with E-state index in [0.29, 0.717) is 0 Å². The van der Waals surface area contributed by atoms with Gasteiger partial charge in [0.15, 0.2) is 0 Å². The van der Waals surface area contributed by atoms with Gasteiger partial charge < -0.3 is 9.90 Å². The van der Waals surface area contributed by atoms with Gasteiger partial charge in [0.2, 0.25) is 0 Å². The molecule has 0 atom stereocenters. The molecule has 0 rings (SSSR count). The summed E-state index contributed by atoms with van der Waals surface area (Å²) in [6, 6.07) is 0. The van der Waals surface area contributed by atoms with Crippen LogP contribution >= 0.6 is 0 Å². The van der Waals surface area contributed by atoms with Crippen LogP contribution in [-0.2, 0) is 4.79 Å². The van der Waals surface area contributed by atoms with Gasteiger partial charge in [-0.1, -0.05) is 71.6 Å². The summed E-state index contributed by atoms with van der Waals surface area (Å²) in [5, 5.41) is 10.2. The molecule has 0 saturated heterocycles. The van der Waals surface area contributed by atoms with E-state index in [2.05, 4.69) is 13.8 Å². The molecule has 2 heteroatoms. The number of hydrogen-bond donors (Lipinski definition) is 0. The molecule has 0 saturated carbocycles. The van der Waals surface area contributed by atoms with E-state index >= 15 is 0 Å². The first-order chi connectivity index (χ1) is 8.13. The second-order valence-electron chi connectivity index (χ2n) is 5.49. The number of aliphatic carboxylic acids is 1. The van der Waals surface area contributed by atoms with Crippen LogP contribution in [-0.4, -0.2) is 5.97 Å². The van der Waals surface area contributed by atoms with Gasteiger partial charge >= 0.3 is 0 Å². The van der Waals surface area contributed by atoms with Gasteiger partial charge in [0.25, 0.3) is 0 Å². The monoisotopic (exact) mass is 241 g/mol. The van der Waals surface area contributed by atoms with E-state index in [0.717, 1.165) is 18.8 Å². The molecule has 102 valence electrons. The fraction of sp³-hybridized carbons (Fsp3) is 0.933. The van der Waals surface area contributed by atoms with Crippen LogP contribution < -0.4 is 5.11 Å². The highest BCUT2D eigenvalue weighted by molar-refractivity contribution is 5.63. The van der Waals surface area contributed by atoms with Crippen molar-refractivity contribution in [2.45, 2.75) is 84.5 Å². The van der Waals surface area contributed by atoms with Gasteiger partial charge in [-0.15, -0.1) is 0 Å². The lowest BCUT2D eigenvalue weighted by Crippen LogP contribution is -2.21. The molecule has 0 fully saturated rings. The van der Waals surface area contributed by atoms with Crippen molar-refractivity contribution >= 4 is 5.97 Å². The van der Waals surface area contributed by atoms with Gasteiger partial charge in [0, 0.05) is 5.97 Å². The summed E-state index contributed by atoms with van der Waals surface area (Å²) in [5.41, 5.74) is 0. The third-order valence-electron chi connectivity index (χ3n) is 3.16. The first-order valence-electron chi connectivity index (χ1n) is 7.32. The normalized spacial score (nSPS) is 11.0. The predicted molar refractivity (Wildman–Crippen MR) is 70.6 cm³/mol. The van der Waals surface area contributed by atoms with E-state index in [4.69, 9.17) is 0 Å². The van der Waals surface area contributed by atoms with Crippen molar-refractivity contribution in [3.63, 3.8) is 0 Å². The highest BCUT2D eigenvalue weighted by atomic mass is 16.4. The van der Waals surface area contributed by atoms with Crippen molar-refractivity contribution in [2.75, 3.05) is 0 Å². The van der Waals surface area contributed by atoms with E-state index < -0.39 is 5.97 Å². The van der Waals surface area contributed by atoms with E-state index in [-0.39, 0.29) is 6.42 Å². The van der Waals surface area contributed by atoms with Crippen molar-refractivity contribution in [1.82, 2.24) is 0 Å². The minimum absolute atomic E-state index is 0.231. The van der Waals surface area contributed by atoms with Crippen LogP contribution in [0.1, 0.15) is 84.5 Å². The molecule has 0 aliphatic heterocycles. The Bertz CT molecular complexity index is 176. The molecule has 0 spiro atoms. The molecular formula is C15H29O2-. The topological polar surface area (TPSA) is 40.1 Å². The molecule has 0 aliphatic carbocycles. The summed E-state index contributed by atoms with van der Waals surface area (Å²) < 4.78 is 0. The minimum Gasteiger partial charge on any atom is -0.550 e. The second kappa shape index (κ2) is 11.9. The third-order valence-corrected chi connectivity index (χ3v) is 3.16. The number of carboxylic acids is 1. The maximum Gasteiger partial charge on any atom is 0.0414 e. The maximum atomic E-state index is 10.2. The number of carbonyl (C=O) groups is 1. The lowest BCUT2D eigenvalue weighted by molar-refractivity contribution is -0.305. The predicted octanol–water partition coefficient (Wildman–Crippen LogP) is 3.68. The summed E-state index contributed by atoms with van der Waals surface area (Å²) in [6.07, 6.45) is 12.6. The Morgan fingerprint density at radius 2 is 1.24 bits per heavy atom. The minimum atomic E-state index is -0.907. The first kappa shape index (κ1) is 16.5. The first-order valence-corrected chi connectivity index (χ1v) is 7.32. The molecule has 0 amide bonds. The molecule has 0 aromatic rings. The van der Waals surface area contributed by atoms with Gasteiger partial charge in [-0.25, -0.2) is 0 Å². The van der Waals surface area contributed by atoms with Crippen molar-refractivity contribution in [3.8, 4) is 0 Å². The molecule has 0 heterocycles. The van der Waals surface area contributed by atoms with Gasteiger partial charge in [-0.05, 0) is 18.8 Å². The van der Waals surface area contributed by atoms with Crippen LogP contribution in [0.5, 0.6) is 0 Å². The number of unbranched alkanes of at least 4 members (excludes halogenated alkanes) is 8. The number of carbonyl (C=O) groups excluding carboxylic acids is 1. The Kier molecular flexibility index (Phi) is 11.6. The van der Waals surface area contributed by atoms with Crippen molar-refractivity contribution in [1.29, 1.82) is 0 Å². The highest BCUT2D eigenvalue weighted by Gasteiger charge is 1.95. The van der Waals surface area contributed by atoms with Crippen LogP contribution in [0.3, 0.4) is 0 Å². The molecule has 0 aromatic heterocycles. The maximum absolute atomic E-state index is 10.2. The van der Waals surface area contributed by atoms with E-state index in [1.165, 1.54) is 51.4 Å². The van der Waals surface area contributed by atoms with Gasteiger partial charge in [-0.2, -0.15) is 0 Å². The Balaban J connectivity index is 2.96. The van der Waals surface area contributed by atoms with E-state index in [1.54, 1.807) is 0 Å². The van der Waals surface area contributed by atoms with E-state index in [9.17, 15) is 9.90 Å². The Labute approximate surface area is 107 Å². The second-order valence-corrected chi connectivity index (χ2v) is 5.49. The van der Waals surface area contributed by atoms with Crippen LogP contribution in [0.2, 0.25) is 0 Å². The molecule has 0 bridgehead atoms. The van der Waals surface area contributed by atoms with Gasteiger partial charge in [-0.3, -0.25) is 0 Å². The van der Waals surface area contributed by atoms with Crippen molar-refractivity contribution < 1.29 is 9.90 Å². The summed E-state index contributed by atoms with van der Waals surface area (Å²) in [5.74, 6) is -0.0612. The van der Waals surface area contributed by atoms with Gasteiger partial charge in [0.1, 0.15) is 0 Å². The zero-order valence-corrected chi connectivity index (χ0v) is 11.7. The van der Waals surface area contributed by atoms with Crippen LogP contribution in [0.25, 0.3) is 0 Å². The molecule has 0 aliphatic rings. The largest absolute Gasteiger partial charge is 0.550 e. The quantitative estimate of drug-likeness (QED) is 0.489. The fourth-order valence-corrected chi connectivity index (χ4v) is 2.06. The number of carboxylic acid groups (broad SMARTS) is 1. The molecule has 2 nitrogen and oxygen atoms in total. The van der Waals surface area contributed by atoms with Crippen molar-refractivity contribution in [2.24, 2.45) is 5.92 Å². The molecule has 0 unspecified atom stereocenters. The molecule has 0 radical (unpaired) electrons. The SMILES string of the molecule is CC(C)CCCCCCCCCCCC(=O)[O-]. The highest BCUT2D eigenvalue weighted by Crippen LogP contribution is 2.13. The summed E-state index contributed by atoms with van der Waals surface area (Å²) in [4.78, 5) is 10.2. The Hall–Kier alpha value is -0.530. The summed E-state index contributed by atoms with van der Waals surface area (Å²) in [7, 11) is 0. The Morgan fingerprint density at radius 3 is 1.65 bits per heavy atom. The summed E-state index contributed by atoms with van der Waals surface area (Å²) in [6.45, 7) is 4.57. The lowest BCUT2D eigenvalue weighted by atomic mass is 10.0. The fourth-order valence-electron chi connectivity index (χ4n) is 2.06. The average molecular weight is 241 g/mol. The zero-order chi connectivity index (χ0) is 12.9. The standard InChI is InChI=1S/C15H30O2/c1-14(2)12-10-8-6-4-3-5-7-9-11-13-15(16)17/h14H,3-13H2,1-2H3,(H,16,17)/p-1. The summed E-state index contributed by atoms with van der Waals surface area (Å²) >= 11 is 0. The van der Waals surface area contributed by atoms with E-state index in [1.807, 2.05) is 0 Å². The van der Waals surface area contributed by atoms with Crippen molar-refractivity contribution in [3.05, 3.63) is 0 Å². The number of rotatable bonds is 12. The lowest BCUT2D eigenvalue weighted by Gasteiger charge is -2.05. The average Bonchev–Trinajstić information content (AvgIpc) is 2.25. The smallest absolute Gasteiger partial charge is 0.0414 e. The molecule has 0 aromatic carbocycles. The number of hydrogen-bond acceptors (Lipinski definition) is 2. The zero-order valence-electron chi connectivity index (χ0n) is 11.7. The third kappa shape index (κ3) is 15.5. The van der Waals surface area contributed by atoms with Gasteiger partial charge in [0.05, 0.1) is 0 Å². The van der Waals surface area contributed by atoms with Crippen LogP contribution in [0.15, 0.2) is 0 Å². The molecule has 0 N–H and O–H groups in total. The molecule has 17 heavy (non-hydrogen) atoms. The Morgan fingerprint density at radius 1 is 0.824 bits per heavy atom. The van der Waals surface area contributed by atoms with Crippen LogP contribution in [0.4, 0.5) is 0 Å². The van der Waals surface area contributed by atoms with Crippen LogP contribution in [0, 0.1) is 5.92 Å².